The Kier molecular flexibility index (Phi) is 5.95. The molecular formula is C24H28FN3O4. The molecule has 2 aromatic carbocycles. The number of carbonyl (C=O) groups is 2. The number of nitrogens with zero attached hydrogens (tertiary/aromatic N) is 1. The lowest BCUT2D eigenvalue weighted by molar-refractivity contribution is 0.0518. The lowest BCUT2D eigenvalue weighted by atomic mass is 10.2. The minimum absolute atomic E-state index is 0.0736. The van der Waals surface area contributed by atoms with Crippen molar-refractivity contribution in [1.82, 2.24) is 5.32 Å². The van der Waals surface area contributed by atoms with Crippen molar-refractivity contribution in [2.75, 3.05) is 23.3 Å². The Morgan fingerprint density at radius 2 is 1.75 bits per heavy atom. The van der Waals surface area contributed by atoms with Crippen LogP contribution in [0, 0.1) is 17.7 Å². The van der Waals surface area contributed by atoms with E-state index in [9.17, 15) is 14.0 Å². The third-order valence-corrected chi connectivity index (χ3v) is 5.62. The minimum Gasteiger partial charge on any atom is -0.444 e. The van der Waals surface area contributed by atoms with E-state index < -0.39 is 23.6 Å². The molecule has 2 unspecified atom stereocenters. The second kappa shape index (κ2) is 8.68. The zero-order valence-corrected chi connectivity index (χ0v) is 18.4. The van der Waals surface area contributed by atoms with Gasteiger partial charge in [0.2, 0.25) is 0 Å². The van der Waals surface area contributed by atoms with Crippen molar-refractivity contribution in [3.8, 4) is 0 Å². The van der Waals surface area contributed by atoms with E-state index in [1.54, 1.807) is 12.1 Å². The fourth-order valence-corrected chi connectivity index (χ4v) is 4.10. The van der Waals surface area contributed by atoms with E-state index in [-0.39, 0.29) is 24.5 Å². The molecule has 2 aromatic rings. The fourth-order valence-electron chi connectivity index (χ4n) is 4.10. The fraction of sp³-hybridized carbons (Fsp3) is 0.417. The number of alkyl carbamates (subject to hydrolysis) is 1. The Labute approximate surface area is 186 Å². The highest BCUT2D eigenvalue weighted by atomic mass is 19.1. The molecule has 1 aliphatic heterocycles. The molecular weight excluding hydrogens is 413 g/mol. The van der Waals surface area contributed by atoms with E-state index in [2.05, 4.69) is 10.6 Å². The van der Waals surface area contributed by atoms with Crippen LogP contribution >= 0.6 is 0 Å². The van der Waals surface area contributed by atoms with Crippen LogP contribution in [0.3, 0.4) is 0 Å². The van der Waals surface area contributed by atoms with E-state index in [0.29, 0.717) is 24.5 Å². The average molecular weight is 442 g/mol. The number of halogens is 1. The molecule has 4 rings (SSSR count). The molecule has 2 atom stereocenters. The number of piperidine rings is 1. The quantitative estimate of drug-likeness (QED) is 0.713. The van der Waals surface area contributed by atoms with Gasteiger partial charge in [0.15, 0.2) is 0 Å². The number of ether oxygens (including phenoxy) is 2. The molecule has 0 spiro atoms. The van der Waals surface area contributed by atoms with E-state index in [1.807, 2.05) is 56.0 Å². The number of hydrogen-bond donors (Lipinski definition) is 2. The van der Waals surface area contributed by atoms with E-state index >= 15 is 0 Å². The zero-order chi connectivity index (χ0) is 22.9. The predicted octanol–water partition coefficient (Wildman–Crippen LogP) is 4.53. The molecule has 1 saturated heterocycles. The maximum atomic E-state index is 14.7. The van der Waals surface area contributed by atoms with Gasteiger partial charge in [0, 0.05) is 36.7 Å². The number of carbonyl (C=O) groups excluding carboxylic acids is 2. The van der Waals surface area contributed by atoms with Gasteiger partial charge in [-0.25, -0.2) is 14.0 Å². The third-order valence-electron chi connectivity index (χ3n) is 5.62. The number of anilines is 2. The van der Waals surface area contributed by atoms with Gasteiger partial charge in [-0.2, -0.15) is 0 Å². The number of nitrogens with one attached hydrogen (secondary N) is 2. The smallest absolute Gasteiger partial charge is 0.411 e. The van der Waals surface area contributed by atoms with Gasteiger partial charge in [0.05, 0.1) is 5.69 Å². The van der Waals surface area contributed by atoms with Crippen LogP contribution < -0.4 is 15.5 Å². The minimum atomic E-state index is -0.639. The Morgan fingerprint density at radius 3 is 2.38 bits per heavy atom. The zero-order valence-electron chi connectivity index (χ0n) is 18.4. The summed E-state index contributed by atoms with van der Waals surface area (Å²) in [5.41, 5.74) is 1.15. The average Bonchev–Trinajstić information content (AvgIpc) is 3.15. The van der Waals surface area contributed by atoms with E-state index in [1.165, 1.54) is 6.07 Å². The maximum absolute atomic E-state index is 14.7. The molecule has 2 aliphatic rings. The van der Waals surface area contributed by atoms with Crippen LogP contribution in [-0.2, 0) is 16.1 Å². The van der Waals surface area contributed by atoms with Crippen LogP contribution in [0.1, 0.15) is 26.3 Å². The van der Waals surface area contributed by atoms with Crippen molar-refractivity contribution in [3.05, 3.63) is 59.9 Å². The number of amides is 2. The number of fused-ring (bicyclic) bond motifs is 1. The second-order valence-electron chi connectivity index (χ2n) is 9.26. The summed E-state index contributed by atoms with van der Waals surface area (Å²) in [6.45, 7) is 6.94. The largest absolute Gasteiger partial charge is 0.444 e. The summed E-state index contributed by atoms with van der Waals surface area (Å²) in [6.07, 6.45) is -1.05. The summed E-state index contributed by atoms with van der Waals surface area (Å²) in [6, 6.07) is 14.0. The lowest BCUT2D eigenvalue weighted by Gasteiger charge is -2.24. The molecule has 8 heteroatoms. The molecule has 1 saturated carbocycles. The number of hydrogen-bond acceptors (Lipinski definition) is 5. The number of rotatable bonds is 5. The summed E-state index contributed by atoms with van der Waals surface area (Å²) in [7, 11) is 0. The van der Waals surface area contributed by atoms with Gasteiger partial charge in [0.25, 0.3) is 0 Å². The monoisotopic (exact) mass is 441 g/mol. The first-order valence-corrected chi connectivity index (χ1v) is 10.7. The van der Waals surface area contributed by atoms with Gasteiger partial charge in [-0.15, -0.1) is 0 Å². The summed E-state index contributed by atoms with van der Waals surface area (Å²) < 4.78 is 25.2. The van der Waals surface area contributed by atoms with Crippen LogP contribution in [0.2, 0.25) is 0 Å². The Bertz CT molecular complexity index is 980. The van der Waals surface area contributed by atoms with Gasteiger partial charge in [-0.1, -0.05) is 30.3 Å². The van der Waals surface area contributed by atoms with Crippen LogP contribution in [0.4, 0.5) is 25.4 Å². The molecule has 2 N–H and O–H groups in total. The highest BCUT2D eigenvalue weighted by Gasteiger charge is 2.57. The SMILES string of the molecule is CC(C)(C)OC(=O)NC1C2CN(c3ccc(NC(=O)OCc4ccccc4)cc3F)CC21. The highest BCUT2D eigenvalue weighted by molar-refractivity contribution is 5.85. The molecule has 0 aromatic heterocycles. The predicted molar refractivity (Wildman–Crippen MR) is 119 cm³/mol. The van der Waals surface area contributed by atoms with Crippen molar-refractivity contribution in [2.45, 2.75) is 39.0 Å². The first-order valence-electron chi connectivity index (χ1n) is 10.7. The molecule has 0 bridgehead atoms. The topological polar surface area (TPSA) is 79.9 Å². The van der Waals surface area contributed by atoms with Crippen molar-refractivity contribution in [3.63, 3.8) is 0 Å². The van der Waals surface area contributed by atoms with Crippen molar-refractivity contribution in [2.24, 2.45) is 11.8 Å². The van der Waals surface area contributed by atoms with E-state index in [0.717, 1.165) is 5.56 Å². The van der Waals surface area contributed by atoms with Crippen LogP contribution in [0.15, 0.2) is 48.5 Å². The van der Waals surface area contributed by atoms with Crippen LogP contribution in [-0.4, -0.2) is 36.9 Å². The summed E-state index contributed by atoms with van der Waals surface area (Å²) in [4.78, 5) is 25.9. The van der Waals surface area contributed by atoms with Crippen LogP contribution in [0.25, 0.3) is 0 Å². The van der Waals surface area contributed by atoms with Gasteiger partial charge in [0.1, 0.15) is 18.0 Å². The molecule has 1 heterocycles. The molecule has 170 valence electrons. The first kappa shape index (κ1) is 21.9. The summed E-state index contributed by atoms with van der Waals surface area (Å²) in [5, 5.41) is 5.47. The Hall–Kier alpha value is -3.29. The van der Waals surface area contributed by atoms with Gasteiger partial charge in [-0.3, -0.25) is 5.32 Å². The number of benzene rings is 2. The third kappa shape index (κ3) is 5.30. The summed E-state index contributed by atoms with van der Waals surface area (Å²) in [5.74, 6) is 0.157. The molecule has 2 fully saturated rings. The Morgan fingerprint density at radius 1 is 1.06 bits per heavy atom. The van der Waals surface area contributed by atoms with E-state index in [4.69, 9.17) is 9.47 Å². The highest BCUT2D eigenvalue weighted by Crippen LogP contribution is 2.47. The van der Waals surface area contributed by atoms with Gasteiger partial charge >= 0.3 is 12.2 Å². The van der Waals surface area contributed by atoms with Gasteiger partial charge in [-0.05, 0) is 44.5 Å². The molecule has 0 radical (unpaired) electrons. The molecule has 1 aliphatic carbocycles. The normalized spacial score (nSPS) is 21.5. The van der Waals surface area contributed by atoms with Crippen molar-refractivity contribution in [1.29, 1.82) is 0 Å². The van der Waals surface area contributed by atoms with Gasteiger partial charge < -0.3 is 19.7 Å². The maximum Gasteiger partial charge on any atom is 0.411 e. The van der Waals surface area contributed by atoms with Crippen molar-refractivity contribution >= 4 is 23.6 Å². The summed E-state index contributed by atoms with van der Waals surface area (Å²) >= 11 is 0. The van der Waals surface area contributed by atoms with Crippen LogP contribution in [0.5, 0.6) is 0 Å². The second-order valence-corrected chi connectivity index (χ2v) is 9.26. The standard InChI is InChI=1S/C24H28FN3O4/c1-24(2,3)32-23(30)27-21-17-12-28(13-18(17)21)20-10-9-16(11-19(20)25)26-22(29)31-14-15-7-5-4-6-8-15/h4-11,17-18,21H,12-14H2,1-3H3,(H,26,29)(H,27,30). The Balaban J connectivity index is 1.26. The molecule has 7 nitrogen and oxygen atoms in total. The van der Waals surface area contributed by atoms with Crippen molar-refractivity contribution < 1.29 is 23.5 Å². The molecule has 2 amide bonds. The lowest BCUT2D eigenvalue weighted by Crippen LogP contribution is -2.38. The first-order chi connectivity index (χ1) is 15.2. The molecule has 32 heavy (non-hydrogen) atoms.